The molecule has 2 rings (SSSR count). The Bertz CT molecular complexity index is 351. The molecular formula is C17H35IN4O2. The summed E-state index contributed by atoms with van der Waals surface area (Å²) in [7, 11) is 0. The van der Waals surface area contributed by atoms with Crippen molar-refractivity contribution in [3.8, 4) is 0 Å². The van der Waals surface area contributed by atoms with E-state index < -0.39 is 0 Å². The van der Waals surface area contributed by atoms with Crippen molar-refractivity contribution in [1.82, 2.24) is 10.2 Å². The van der Waals surface area contributed by atoms with Gasteiger partial charge in [0, 0.05) is 39.0 Å². The molecule has 7 heteroatoms. The van der Waals surface area contributed by atoms with Gasteiger partial charge in [-0.1, -0.05) is 6.92 Å². The summed E-state index contributed by atoms with van der Waals surface area (Å²) in [6.07, 6.45) is 5.75. The minimum absolute atomic E-state index is 0. The monoisotopic (exact) mass is 454 g/mol. The maximum atomic E-state index is 5.94. The summed E-state index contributed by atoms with van der Waals surface area (Å²) in [6.45, 7) is 9.58. The zero-order chi connectivity index (χ0) is 16.3. The number of ether oxygens (including phenoxy) is 2. The molecule has 2 fully saturated rings. The molecule has 3 N–H and O–H groups in total. The molecular weight excluding hydrogens is 419 g/mol. The van der Waals surface area contributed by atoms with Crippen LogP contribution < -0.4 is 11.1 Å². The highest BCUT2D eigenvalue weighted by atomic mass is 127. The molecule has 0 spiro atoms. The second kappa shape index (κ2) is 13.1. The van der Waals surface area contributed by atoms with E-state index >= 15 is 0 Å². The Hall–Kier alpha value is -0.120. The third-order valence-corrected chi connectivity index (χ3v) is 4.84. The number of nitrogens with one attached hydrogen (secondary N) is 1. The van der Waals surface area contributed by atoms with Crippen LogP contribution in [0, 0.1) is 5.92 Å². The fraction of sp³-hybridized carbons (Fsp3) is 0.941. The number of nitrogens with zero attached hydrogens (tertiary/aromatic N) is 2. The topological polar surface area (TPSA) is 72.1 Å². The van der Waals surface area contributed by atoms with Crippen LogP contribution in [0.2, 0.25) is 0 Å². The van der Waals surface area contributed by atoms with E-state index in [-0.39, 0.29) is 24.0 Å². The van der Waals surface area contributed by atoms with Crippen molar-refractivity contribution in [2.45, 2.75) is 45.1 Å². The van der Waals surface area contributed by atoms with Crippen molar-refractivity contribution < 1.29 is 9.47 Å². The predicted octanol–water partition coefficient (Wildman–Crippen LogP) is 1.83. The summed E-state index contributed by atoms with van der Waals surface area (Å²) >= 11 is 0. The number of rotatable bonds is 9. The van der Waals surface area contributed by atoms with Crippen molar-refractivity contribution in [3.05, 3.63) is 0 Å². The van der Waals surface area contributed by atoms with Gasteiger partial charge in [0.25, 0.3) is 0 Å². The lowest BCUT2D eigenvalue weighted by atomic mass is 10.0. The molecule has 1 atom stereocenters. The first-order chi connectivity index (χ1) is 11.3. The normalized spacial score (nSPS) is 23.2. The predicted molar refractivity (Wildman–Crippen MR) is 109 cm³/mol. The van der Waals surface area contributed by atoms with Crippen LogP contribution >= 0.6 is 24.0 Å². The van der Waals surface area contributed by atoms with Crippen LogP contribution in [-0.2, 0) is 9.47 Å². The fourth-order valence-electron chi connectivity index (χ4n) is 3.33. The Kier molecular flexibility index (Phi) is 12.0. The maximum Gasteiger partial charge on any atom is 0.188 e. The Morgan fingerprint density at radius 3 is 2.88 bits per heavy atom. The van der Waals surface area contributed by atoms with E-state index in [1.165, 1.54) is 19.4 Å². The van der Waals surface area contributed by atoms with E-state index in [2.05, 4.69) is 22.1 Å². The van der Waals surface area contributed by atoms with Crippen LogP contribution in [0.5, 0.6) is 0 Å². The Morgan fingerprint density at radius 2 is 2.12 bits per heavy atom. The van der Waals surface area contributed by atoms with Crippen LogP contribution in [0.1, 0.15) is 39.0 Å². The first kappa shape index (κ1) is 21.9. The maximum absolute atomic E-state index is 5.94. The van der Waals surface area contributed by atoms with Crippen molar-refractivity contribution in [2.75, 3.05) is 52.6 Å². The van der Waals surface area contributed by atoms with E-state index in [4.69, 9.17) is 15.2 Å². The molecule has 0 radical (unpaired) electrons. The van der Waals surface area contributed by atoms with E-state index in [0.717, 1.165) is 65.3 Å². The summed E-state index contributed by atoms with van der Waals surface area (Å²) in [6, 6.07) is 0.572. The lowest BCUT2D eigenvalue weighted by Gasteiger charge is -2.21. The lowest BCUT2D eigenvalue weighted by molar-refractivity contribution is 0.0203. The highest BCUT2D eigenvalue weighted by Crippen LogP contribution is 2.16. The van der Waals surface area contributed by atoms with Gasteiger partial charge in [0.15, 0.2) is 5.96 Å². The quantitative estimate of drug-likeness (QED) is 0.241. The number of likely N-dealkylation sites (N-methyl/N-ethyl adjacent to an activating group) is 1. The molecule has 6 nitrogen and oxygen atoms in total. The van der Waals surface area contributed by atoms with Gasteiger partial charge < -0.3 is 20.5 Å². The number of halogens is 1. The summed E-state index contributed by atoms with van der Waals surface area (Å²) in [5.41, 5.74) is 5.94. The number of hydrogen-bond acceptors (Lipinski definition) is 4. The van der Waals surface area contributed by atoms with Gasteiger partial charge in [-0.2, -0.15) is 0 Å². The van der Waals surface area contributed by atoms with E-state index in [9.17, 15) is 0 Å². The fourth-order valence-corrected chi connectivity index (χ4v) is 3.33. The van der Waals surface area contributed by atoms with E-state index in [1.807, 2.05) is 0 Å². The number of aliphatic imine (C=N–C) groups is 1. The molecule has 1 unspecified atom stereocenters. The van der Waals surface area contributed by atoms with E-state index in [0.29, 0.717) is 17.9 Å². The smallest absolute Gasteiger partial charge is 0.188 e. The van der Waals surface area contributed by atoms with Crippen LogP contribution in [-0.4, -0.2) is 69.5 Å². The minimum atomic E-state index is 0. The largest absolute Gasteiger partial charge is 0.381 e. The van der Waals surface area contributed by atoms with Gasteiger partial charge in [-0.05, 0) is 51.1 Å². The van der Waals surface area contributed by atoms with Crippen molar-refractivity contribution in [1.29, 1.82) is 0 Å². The van der Waals surface area contributed by atoms with Crippen molar-refractivity contribution in [3.63, 3.8) is 0 Å². The second-order valence-corrected chi connectivity index (χ2v) is 6.56. The first-order valence-corrected chi connectivity index (χ1v) is 9.23. The molecule has 24 heavy (non-hydrogen) atoms. The number of hydrogen-bond donors (Lipinski definition) is 2. The van der Waals surface area contributed by atoms with Crippen LogP contribution in [0.4, 0.5) is 0 Å². The van der Waals surface area contributed by atoms with Gasteiger partial charge in [0.05, 0.1) is 6.54 Å². The average molecular weight is 454 g/mol. The van der Waals surface area contributed by atoms with Gasteiger partial charge in [0.2, 0.25) is 0 Å². The summed E-state index contributed by atoms with van der Waals surface area (Å²) in [4.78, 5) is 6.97. The van der Waals surface area contributed by atoms with Gasteiger partial charge in [-0.15, -0.1) is 24.0 Å². The molecule has 0 aromatic carbocycles. The van der Waals surface area contributed by atoms with Crippen molar-refractivity contribution >= 4 is 29.9 Å². The Balaban J connectivity index is 0.00000288. The van der Waals surface area contributed by atoms with Gasteiger partial charge in [-0.25, -0.2) is 0 Å². The third-order valence-electron chi connectivity index (χ3n) is 4.84. The highest BCUT2D eigenvalue weighted by molar-refractivity contribution is 14.0. The SMILES string of the molecule is CCN1CCCC1CN=C(N)NCCCOCC1CCOCC1.I. The van der Waals surface area contributed by atoms with Crippen LogP contribution in [0.3, 0.4) is 0 Å². The Morgan fingerprint density at radius 1 is 1.33 bits per heavy atom. The molecule has 0 aromatic heterocycles. The van der Waals surface area contributed by atoms with Gasteiger partial charge in [0.1, 0.15) is 0 Å². The molecule has 142 valence electrons. The number of likely N-dealkylation sites (tertiary alicyclic amines) is 1. The molecule has 0 bridgehead atoms. The lowest BCUT2D eigenvalue weighted by Crippen LogP contribution is -2.36. The highest BCUT2D eigenvalue weighted by Gasteiger charge is 2.22. The van der Waals surface area contributed by atoms with Crippen LogP contribution in [0.15, 0.2) is 4.99 Å². The number of nitrogens with two attached hydrogens (primary N) is 1. The van der Waals surface area contributed by atoms with Crippen molar-refractivity contribution in [2.24, 2.45) is 16.6 Å². The van der Waals surface area contributed by atoms with E-state index in [1.54, 1.807) is 0 Å². The number of guanidine groups is 1. The summed E-state index contributed by atoms with van der Waals surface area (Å²) in [5, 5.41) is 3.19. The van der Waals surface area contributed by atoms with Gasteiger partial charge >= 0.3 is 0 Å². The molecule has 2 aliphatic heterocycles. The zero-order valence-electron chi connectivity index (χ0n) is 15.0. The molecule has 2 heterocycles. The molecule has 0 aliphatic carbocycles. The third kappa shape index (κ3) is 8.31. The minimum Gasteiger partial charge on any atom is -0.381 e. The average Bonchev–Trinajstić information content (AvgIpc) is 3.04. The van der Waals surface area contributed by atoms with Crippen LogP contribution in [0.25, 0.3) is 0 Å². The summed E-state index contributed by atoms with van der Waals surface area (Å²) < 4.78 is 11.1. The standard InChI is InChI=1S/C17H34N4O2.HI/c1-2-21-9-3-5-16(21)13-20-17(18)19-8-4-10-23-14-15-6-11-22-12-7-15;/h15-16H,2-14H2,1H3,(H3,18,19,20);1H. The molecule has 2 saturated heterocycles. The first-order valence-electron chi connectivity index (χ1n) is 9.23. The molecule has 0 aromatic rings. The molecule has 2 aliphatic rings. The molecule has 0 saturated carbocycles. The van der Waals surface area contributed by atoms with Gasteiger partial charge in [-0.3, -0.25) is 9.89 Å². The second-order valence-electron chi connectivity index (χ2n) is 6.56. The summed E-state index contributed by atoms with van der Waals surface area (Å²) in [5.74, 6) is 1.24. The Labute approximate surface area is 163 Å². The molecule has 0 amide bonds. The zero-order valence-corrected chi connectivity index (χ0v) is 17.4.